The Morgan fingerprint density at radius 2 is 1.97 bits per heavy atom. The van der Waals surface area contributed by atoms with Crippen LogP contribution in [-0.4, -0.2) is 43.6 Å². The Morgan fingerprint density at radius 1 is 1.10 bits per heavy atom. The number of pyridine rings is 1. The number of aryl methyl sites for hydroxylation is 1. The summed E-state index contributed by atoms with van der Waals surface area (Å²) in [7, 11) is 1.85. The Balaban J connectivity index is 1.48. The Hall–Kier alpha value is -3.81. The van der Waals surface area contributed by atoms with Gasteiger partial charge < -0.3 is 14.8 Å². The Morgan fingerprint density at radius 3 is 2.77 bits per heavy atom. The molecule has 4 aromatic rings. The van der Waals surface area contributed by atoms with Crippen LogP contribution < -0.4 is 10.2 Å². The molecule has 8 heteroatoms. The number of hydrogen-bond acceptors (Lipinski definition) is 6. The van der Waals surface area contributed by atoms with Crippen LogP contribution in [0.3, 0.4) is 0 Å². The SMILES string of the molecule is [2H]C1([2H])N(c2cc(C(=O)Nc3cc4cc(-c5cncn5C)ccc4nn3)ccn2)C([2H])([2H])C([2H])([2H])C([2H])([2H])C1([2H])[2H]. The maximum absolute atomic E-state index is 13.1. The lowest BCUT2D eigenvalue weighted by Gasteiger charge is -2.27. The summed E-state index contributed by atoms with van der Waals surface area (Å²) >= 11 is 0. The van der Waals surface area contributed by atoms with E-state index in [9.17, 15) is 4.79 Å². The summed E-state index contributed by atoms with van der Waals surface area (Å²) in [6.45, 7) is -6.83. The van der Waals surface area contributed by atoms with Gasteiger partial charge in [-0.1, -0.05) is 6.07 Å². The van der Waals surface area contributed by atoms with Gasteiger partial charge in [0.15, 0.2) is 5.82 Å². The second-order valence-electron chi connectivity index (χ2n) is 6.68. The highest BCUT2D eigenvalue weighted by molar-refractivity contribution is 6.04. The summed E-state index contributed by atoms with van der Waals surface area (Å²) in [6.07, 6.45) is -6.19. The lowest BCUT2D eigenvalue weighted by Crippen LogP contribution is -2.30. The molecule has 1 aromatic carbocycles. The van der Waals surface area contributed by atoms with E-state index in [1.165, 1.54) is 6.07 Å². The number of nitrogens with one attached hydrogen (secondary N) is 1. The van der Waals surface area contributed by atoms with E-state index in [2.05, 4.69) is 25.5 Å². The van der Waals surface area contributed by atoms with Crippen molar-refractivity contribution in [3.63, 3.8) is 0 Å². The predicted octanol–water partition coefficient (Wildman–Crippen LogP) is 3.67. The molecule has 8 nitrogen and oxygen atoms in total. The molecular weight excluding hydrogens is 390 g/mol. The quantitative estimate of drug-likeness (QED) is 0.539. The maximum atomic E-state index is 13.1. The van der Waals surface area contributed by atoms with Crippen molar-refractivity contribution in [3.8, 4) is 11.3 Å². The number of carbonyl (C=O) groups is 1. The molecule has 1 aliphatic heterocycles. The fourth-order valence-corrected chi connectivity index (χ4v) is 3.11. The average molecular weight is 424 g/mol. The van der Waals surface area contributed by atoms with Crippen LogP contribution in [0.15, 0.2) is 55.1 Å². The van der Waals surface area contributed by atoms with Gasteiger partial charge in [-0.2, -0.15) is 0 Å². The van der Waals surface area contributed by atoms with Gasteiger partial charge in [0, 0.05) is 56.5 Å². The van der Waals surface area contributed by atoms with Gasteiger partial charge >= 0.3 is 0 Å². The van der Waals surface area contributed by atoms with E-state index in [1.54, 1.807) is 24.7 Å². The number of amides is 1. The summed E-state index contributed by atoms with van der Waals surface area (Å²) in [4.78, 5) is 21.2. The molecule has 1 N–H and O–H groups in total. The van der Waals surface area contributed by atoms with Crippen molar-refractivity contribution in [1.82, 2.24) is 24.7 Å². The molecule has 0 saturated carbocycles. The fraction of sp³-hybridized carbons (Fsp3) is 0.261. The van der Waals surface area contributed by atoms with Crippen molar-refractivity contribution in [1.29, 1.82) is 0 Å². The summed E-state index contributed by atoms with van der Waals surface area (Å²) in [5, 5.41) is 11.4. The minimum atomic E-state index is -3.57. The van der Waals surface area contributed by atoms with Crippen LogP contribution in [-0.2, 0) is 7.05 Å². The number of anilines is 2. The highest BCUT2D eigenvalue weighted by atomic mass is 16.1. The second-order valence-corrected chi connectivity index (χ2v) is 6.68. The number of piperidine rings is 1. The van der Waals surface area contributed by atoms with Crippen molar-refractivity contribution in [3.05, 3.63) is 60.7 Å². The van der Waals surface area contributed by atoms with Crippen LogP contribution in [0.5, 0.6) is 0 Å². The second kappa shape index (κ2) is 8.14. The van der Waals surface area contributed by atoms with E-state index < -0.39 is 43.8 Å². The zero-order valence-electron chi connectivity index (χ0n) is 26.3. The van der Waals surface area contributed by atoms with Crippen molar-refractivity contribution in [2.75, 3.05) is 23.2 Å². The molecule has 5 rings (SSSR count). The number of benzene rings is 1. The molecule has 1 amide bonds. The summed E-state index contributed by atoms with van der Waals surface area (Å²) < 4.78 is 83.5. The number of nitrogens with zero attached hydrogens (tertiary/aromatic N) is 6. The van der Waals surface area contributed by atoms with Gasteiger partial charge in [-0.15, -0.1) is 10.2 Å². The molecule has 0 bridgehead atoms. The predicted molar refractivity (Wildman–Crippen MR) is 120 cm³/mol. The van der Waals surface area contributed by atoms with Crippen LogP contribution in [0.2, 0.25) is 0 Å². The van der Waals surface area contributed by atoms with Crippen molar-refractivity contribution in [2.45, 2.75) is 19.1 Å². The van der Waals surface area contributed by atoms with E-state index >= 15 is 0 Å². The number of aromatic nitrogens is 5. The van der Waals surface area contributed by atoms with Crippen LogP contribution >= 0.6 is 0 Å². The smallest absolute Gasteiger partial charge is 0.257 e. The van der Waals surface area contributed by atoms with Gasteiger partial charge in [0.2, 0.25) is 0 Å². The highest BCUT2D eigenvalue weighted by Gasteiger charge is 2.15. The normalized spacial score (nSPS) is 26.9. The molecule has 4 heterocycles. The number of fused-ring (bicyclic) bond motifs is 1. The van der Waals surface area contributed by atoms with Crippen molar-refractivity contribution >= 4 is 28.4 Å². The van der Waals surface area contributed by atoms with Gasteiger partial charge in [-0.05, 0) is 49.5 Å². The highest BCUT2D eigenvalue weighted by Crippen LogP contribution is 2.24. The zero-order valence-corrected chi connectivity index (χ0v) is 16.3. The molecule has 0 spiro atoms. The molecule has 1 aliphatic rings. The Labute approximate surface area is 194 Å². The number of carbonyl (C=O) groups excluding carboxylic acids is 1. The minimum absolute atomic E-state index is 0.0764. The molecule has 156 valence electrons. The van der Waals surface area contributed by atoms with Crippen LogP contribution in [0, 0.1) is 0 Å². The number of imidazole rings is 1. The van der Waals surface area contributed by atoms with E-state index in [0.717, 1.165) is 23.5 Å². The first kappa shape index (κ1) is 11.0. The van der Waals surface area contributed by atoms with Gasteiger partial charge in [-0.25, -0.2) is 9.97 Å². The topological polar surface area (TPSA) is 88.8 Å². The van der Waals surface area contributed by atoms with E-state index in [1.807, 2.05) is 23.7 Å². The van der Waals surface area contributed by atoms with Gasteiger partial charge in [-0.3, -0.25) is 4.79 Å². The number of hydrogen-bond donors (Lipinski definition) is 1. The molecule has 0 radical (unpaired) electrons. The van der Waals surface area contributed by atoms with Crippen LogP contribution in [0.4, 0.5) is 11.6 Å². The average Bonchev–Trinajstić information content (AvgIpc) is 3.33. The first-order chi connectivity index (χ1) is 18.9. The third-order valence-electron chi connectivity index (χ3n) is 4.64. The zero-order chi connectivity index (χ0) is 30.2. The van der Waals surface area contributed by atoms with Crippen LogP contribution in [0.1, 0.15) is 43.2 Å². The largest absolute Gasteiger partial charge is 0.357 e. The maximum Gasteiger partial charge on any atom is 0.257 e. The Kier molecular flexibility index (Phi) is 2.89. The number of rotatable bonds is 4. The lowest BCUT2D eigenvalue weighted by atomic mass is 10.1. The molecular formula is C23H23N7O. The van der Waals surface area contributed by atoms with E-state index in [-0.39, 0.29) is 16.3 Å². The summed E-state index contributed by atoms with van der Waals surface area (Å²) in [5.41, 5.74) is 2.13. The van der Waals surface area contributed by atoms with Crippen LogP contribution in [0.25, 0.3) is 22.2 Å². The summed E-state index contributed by atoms with van der Waals surface area (Å²) in [5.74, 6) is -1.29. The van der Waals surface area contributed by atoms with Gasteiger partial charge in [0.05, 0.1) is 23.7 Å². The van der Waals surface area contributed by atoms with Crippen molar-refractivity contribution < 1.29 is 18.5 Å². The standard InChI is InChI=1S/C23H23N7O/c1-29-15-24-14-20(29)16-5-6-19-18(11-16)12-21(28-27-19)26-23(31)17-7-8-25-22(13-17)30-9-3-2-4-10-30/h5-8,11-15H,2-4,9-10H2,1H3,(H,26,28,31)/i2D2,3D2,4D2,9D2,10D2. The molecule has 0 aliphatic carbocycles. The molecule has 1 saturated heterocycles. The van der Waals surface area contributed by atoms with Gasteiger partial charge in [0.25, 0.3) is 5.91 Å². The summed E-state index contributed by atoms with van der Waals surface area (Å²) in [6, 6.07) is 9.28. The van der Waals surface area contributed by atoms with Crippen molar-refractivity contribution in [2.24, 2.45) is 7.05 Å². The first-order valence-electron chi connectivity index (χ1n) is 14.3. The lowest BCUT2D eigenvalue weighted by molar-refractivity contribution is 0.102. The molecule has 0 unspecified atom stereocenters. The van der Waals surface area contributed by atoms with E-state index in [4.69, 9.17) is 13.7 Å². The molecule has 31 heavy (non-hydrogen) atoms. The fourth-order valence-electron chi connectivity index (χ4n) is 3.11. The van der Waals surface area contributed by atoms with Gasteiger partial charge in [0.1, 0.15) is 5.82 Å². The third-order valence-corrected chi connectivity index (χ3v) is 4.64. The molecule has 0 atom stereocenters. The third kappa shape index (κ3) is 3.96. The first-order valence-corrected chi connectivity index (χ1v) is 9.25. The minimum Gasteiger partial charge on any atom is -0.357 e. The molecule has 3 aromatic heterocycles. The monoisotopic (exact) mass is 423 g/mol. The Bertz CT molecular complexity index is 1640. The molecule has 1 fully saturated rings. The van der Waals surface area contributed by atoms with E-state index in [0.29, 0.717) is 10.9 Å².